The Morgan fingerprint density at radius 1 is 1.00 bits per heavy atom. The Bertz CT molecular complexity index is 1250. The lowest BCUT2D eigenvalue weighted by Crippen LogP contribution is -2.46. The van der Waals surface area contributed by atoms with Gasteiger partial charge in [-0.1, -0.05) is 6.92 Å². The minimum atomic E-state index is -3.72. The van der Waals surface area contributed by atoms with E-state index in [9.17, 15) is 13.2 Å². The van der Waals surface area contributed by atoms with Crippen LogP contribution in [0.5, 0.6) is 11.5 Å². The molecule has 1 N–H and O–H groups in total. The smallest absolute Gasteiger partial charge is 0.248 e. The monoisotopic (exact) mass is 544 g/mol. The van der Waals surface area contributed by atoms with Crippen LogP contribution >= 0.6 is 0 Å². The minimum absolute atomic E-state index is 0.145. The molecule has 0 aromatic heterocycles. The van der Waals surface area contributed by atoms with Crippen LogP contribution in [-0.4, -0.2) is 96.8 Å². The zero-order valence-corrected chi connectivity index (χ0v) is 23.0. The number of anilines is 2. The third-order valence-corrected chi connectivity index (χ3v) is 8.74. The van der Waals surface area contributed by atoms with Gasteiger partial charge in [0.25, 0.3) is 0 Å². The second-order valence-corrected chi connectivity index (χ2v) is 11.0. The van der Waals surface area contributed by atoms with Crippen molar-refractivity contribution in [3.63, 3.8) is 0 Å². The highest BCUT2D eigenvalue weighted by Gasteiger charge is 2.28. The molecule has 0 atom stereocenters. The van der Waals surface area contributed by atoms with Gasteiger partial charge >= 0.3 is 0 Å². The van der Waals surface area contributed by atoms with Crippen molar-refractivity contribution in [1.29, 1.82) is 0 Å². The molecule has 11 heteroatoms. The topological polar surface area (TPSA) is 101 Å². The molecule has 2 heterocycles. The first kappa shape index (κ1) is 27.9. The standard InChI is InChI=1S/C27H36N4O6S/c1-4-29-11-13-30(14-12-29)25-9-8-23(38(33,34)31-15-17-37-18-16-31)20-24(25)28-27(32)10-6-21-5-7-22(35-2)19-26(21)36-3/h5-10,19-20H,4,11-18H2,1-3H3,(H,28,32). The summed E-state index contributed by atoms with van der Waals surface area (Å²) in [6.45, 7) is 7.81. The van der Waals surface area contributed by atoms with Crippen molar-refractivity contribution in [2.24, 2.45) is 0 Å². The van der Waals surface area contributed by atoms with Crippen molar-refractivity contribution >= 4 is 33.4 Å². The van der Waals surface area contributed by atoms with Crippen molar-refractivity contribution in [3.8, 4) is 11.5 Å². The van der Waals surface area contributed by atoms with Gasteiger partial charge in [0, 0.05) is 57.0 Å². The molecule has 38 heavy (non-hydrogen) atoms. The lowest BCUT2D eigenvalue weighted by atomic mass is 10.1. The largest absolute Gasteiger partial charge is 0.497 e. The molecule has 0 aliphatic carbocycles. The van der Waals surface area contributed by atoms with Gasteiger partial charge in [0.05, 0.1) is 43.7 Å². The van der Waals surface area contributed by atoms with Crippen LogP contribution in [0.15, 0.2) is 47.4 Å². The van der Waals surface area contributed by atoms with Gasteiger partial charge in [-0.2, -0.15) is 4.31 Å². The number of methoxy groups -OCH3 is 2. The molecule has 0 unspecified atom stereocenters. The number of piperazine rings is 1. The molecule has 0 spiro atoms. The van der Waals surface area contributed by atoms with Crippen LogP contribution in [0.25, 0.3) is 6.08 Å². The molecular weight excluding hydrogens is 508 g/mol. The molecule has 2 fully saturated rings. The van der Waals surface area contributed by atoms with E-state index in [1.165, 1.54) is 10.4 Å². The van der Waals surface area contributed by atoms with Gasteiger partial charge in [-0.15, -0.1) is 0 Å². The number of nitrogens with one attached hydrogen (secondary N) is 1. The van der Waals surface area contributed by atoms with E-state index in [2.05, 4.69) is 22.0 Å². The van der Waals surface area contributed by atoms with Gasteiger partial charge in [0.15, 0.2) is 0 Å². The number of nitrogens with zero attached hydrogens (tertiary/aromatic N) is 3. The summed E-state index contributed by atoms with van der Waals surface area (Å²) in [6, 6.07) is 10.3. The highest BCUT2D eigenvalue weighted by atomic mass is 32.2. The fraction of sp³-hybridized carbons (Fsp3) is 0.444. The number of likely N-dealkylation sites (N-methyl/N-ethyl adjacent to an activating group) is 1. The number of morpholine rings is 1. The van der Waals surface area contributed by atoms with E-state index in [-0.39, 0.29) is 10.8 Å². The molecule has 2 aromatic carbocycles. The number of ether oxygens (including phenoxy) is 3. The summed E-state index contributed by atoms with van der Waals surface area (Å²) in [5, 5.41) is 2.92. The first-order valence-electron chi connectivity index (χ1n) is 12.8. The Kier molecular flexibility index (Phi) is 9.26. The van der Waals surface area contributed by atoms with E-state index < -0.39 is 10.0 Å². The number of amides is 1. The highest BCUT2D eigenvalue weighted by Crippen LogP contribution is 2.32. The van der Waals surface area contributed by atoms with Crippen LogP contribution in [0, 0.1) is 0 Å². The quantitative estimate of drug-likeness (QED) is 0.481. The van der Waals surface area contributed by atoms with Gasteiger partial charge < -0.3 is 29.3 Å². The first-order chi connectivity index (χ1) is 18.3. The number of hydrogen-bond acceptors (Lipinski definition) is 8. The number of rotatable bonds is 9. The molecule has 0 radical (unpaired) electrons. The second-order valence-electron chi connectivity index (χ2n) is 9.05. The van der Waals surface area contributed by atoms with E-state index in [4.69, 9.17) is 14.2 Å². The maximum atomic E-state index is 13.3. The number of benzene rings is 2. The highest BCUT2D eigenvalue weighted by molar-refractivity contribution is 7.89. The Morgan fingerprint density at radius 2 is 1.74 bits per heavy atom. The van der Waals surface area contributed by atoms with Crippen molar-refractivity contribution in [2.45, 2.75) is 11.8 Å². The fourth-order valence-electron chi connectivity index (χ4n) is 4.59. The molecule has 2 aliphatic heterocycles. The van der Waals surface area contributed by atoms with Gasteiger partial charge in [-0.3, -0.25) is 4.79 Å². The maximum Gasteiger partial charge on any atom is 0.248 e. The molecular formula is C27H36N4O6S. The third-order valence-electron chi connectivity index (χ3n) is 6.85. The predicted molar refractivity (Wildman–Crippen MR) is 148 cm³/mol. The summed E-state index contributed by atoms with van der Waals surface area (Å²) in [4.78, 5) is 17.7. The predicted octanol–water partition coefficient (Wildman–Crippen LogP) is 2.52. The van der Waals surface area contributed by atoms with Gasteiger partial charge in [0.2, 0.25) is 15.9 Å². The zero-order valence-electron chi connectivity index (χ0n) is 22.2. The molecule has 1 amide bonds. The molecule has 2 aliphatic rings. The Hall–Kier alpha value is -3.12. The number of carbonyl (C=O) groups excluding carboxylic acids is 1. The third kappa shape index (κ3) is 6.47. The van der Waals surface area contributed by atoms with E-state index in [0.717, 1.165) is 38.4 Å². The zero-order chi connectivity index (χ0) is 27.1. The van der Waals surface area contributed by atoms with Gasteiger partial charge in [0.1, 0.15) is 11.5 Å². The number of carbonyl (C=O) groups is 1. The van der Waals surface area contributed by atoms with Crippen molar-refractivity contribution in [1.82, 2.24) is 9.21 Å². The Labute approximate surface area is 224 Å². The average molecular weight is 545 g/mol. The van der Waals surface area contributed by atoms with E-state index in [0.29, 0.717) is 49.1 Å². The lowest BCUT2D eigenvalue weighted by Gasteiger charge is -2.36. The van der Waals surface area contributed by atoms with Crippen LogP contribution in [0.3, 0.4) is 0 Å². The Balaban J connectivity index is 1.61. The van der Waals surface area contributed by atoms with Crippen LogP contribution in [-0.2, 0) is 19.6 Å². The molecule has 0 saturated carbocycles. The minimum Gasteiger partial charge on any atom is -0.497 e. The molecule has 4 rings (SSSR count). The van der Waals surface area contributed by atoms with Crippen LogP contribution in [0.4, 0.5) is 11.4 Å². The van der Waals surface area contributed by atoms with E-state index >= 15 is 0 Å². The van der Waals surface area contributed by atoms with Crippen LogP contribution in [0.1, 0.15) is 12.5 Å². The van der Waals surface area contributed by atoms with Crippen molar-refractivity contribution in [3.05, 3.63) is 48.0 Å². The molecule has 2 aromatic rings. The summed E-state index contributed by atoms with van der Waals surface area (Å²) >= 11 is 0. The average Bonchev–Trinajstić information content (AvgIpc) is 2.96. The normalized spacial score (nSPS) is 17.5. The molecule has 2 saturated heterocycles. The van der Waals surface area contributed by atoms with Gasteiger partial charge in [-0.25, -0.2) is 8.42 Å². The SMILES string of the molecule is CCN1CCN(c2ccc(S(=O)(=O)N3CCOCC3)cc2NC(=O)C=Cc2ccc(OC)cc2OC)CC1. The first-order valence-corrected chi connectivity index (χ1v) is 14.2. The van der Waals surface area contributed by atoms with E-state index in [1.54, 1.807) is 56.7 Å². The Morgan fingerprint density at radius 3 is 2.39 bits per heavy atom. The summed E-state index contributed by atoms with van der Waals surface area (Å²) in [7, 11) is -0.596. The summed E-state index contributed by atoms with van der Waals surface area (Å²) in [5.74, 6) is 0.841. The maximum absolute atomic E-state index is 13.3. The molecule has 0 bridgehead atoms. The lowest BCUT2D eigenvalue weighted by molar-refractivity contribution is -0.111. The van der Waals surface area contributed by atoms with Crippen LogP contribution in [0.2, 0.25) is 0 Å². The fourth-order valence-corrected chi connectivity index (χ4v) is 6.02. The molecule has 10 nitrogen and oxygen atoms in total. The second kappa shape index (κ2) is 12.6. The van der Waals surface area contributed by atoms with Gasteiger partial charge in [-0.05, 0) is 43.0 Å². The number of sulfonamides is 1. The van der Waals surface area contributed by atoms with Crippen molar-refractivity contribution in [2.75, 3.05) is 83.5 Å². The molecule has 206 valence electrons. The number of hydrogen-bond donors (Lipinski definition) is 1. The summed E-state index contributed by atoms with van der Waals surface area (Å²) in [5.41, 5.74) is 1.97. The van der Waals surface area contributed by atoms with E-state index in [1.807, 2.05) is 0 Å². The summed E-state index contributed by atoms with van der Waals surface area (Å²) < 4.78 is 44.0. The van der Waals surface area contributed by atoms with Crippen LogP contribution < -0.4 is 19.7 Å². The van der Waals surface area contributed by atoms with Crippen molar-refractivity contribution < 1.29 is 27.4 Å². The summed E-state index contributed by atoms with van der Waals surface area (Å²) in [6.07, 6.45) is 3.06.